The van der Waals surface area contributed by atoms with Crippen molar-refractivity contribution in [3.63, 3.8) is 0 Å². The lowest BCUT2D eigenvalue weighted by Gasteiger charge is -2.39. The fraction of sp³-hybridized carbons (Fsp3) is 0.611. The molecule has 1 amide bonds. The minimum Gasteiger partial charge on any atom is -0.482 e. The second-order valence-electron chi connectivity index (χ2n) is 7.59. The van der Waals surface area contributed by atoms with Gasteiger partial charge in [0.25, 0.3) is 5.91 Å². The Morgan fingerprint density at radius 2 is 2.17 bits per heavy atom. The highest BCUT2D eigenvalue weighted by atomic mass is 79.9. The Bertz CT molecular complexity index is 633. The number of hydrogen-bond acceptors (Lipinski definition) is 2. The zero-order valence-electron chi connectivity index (χ0n) is 13.8. The first-order valence-electron chi connectivity index (χ1n) is 8.11. The summed E-state index contributed by atoms with van der Waals surface area (Å²) in [4.78, 5) is 12.3. The summed E-state index contributed by atoms with van der Waals surface area (Å²) < 4.78 is 6.45. The molecule has 0 unspecified atom stereocenters. The summed E-state index contributed by atoms with van der Waals surface area (Å²) >= 11 is 9.46. The van der Waals surface area contributed by atoms with Crippen molar-refractivity contribution in [3.8, 4) is 5.75 Å². The summed E-state index contributed by atoms with van der Waals surface area (Å²) in [5.74, 6) is 1.17. The first kappa shape index (κ1) is 17.1. The predicted molar refractivity (Wildman–Crippen MR) is 95.8 cm³/mol. The van der Waals surface area contributed by atoms with Crippen LogP contribution in [0.1, 0.15) is 40.0 Å². The van der Waals surface area contributed by atoms with Gasteiger partial charge < -0.3 is 10.1 Å². The molecule has 3 rings (SSSR count). The van der Waals surface area contributed by atoms with Crippen LogP contribution in [0.4, 0.5) is 0 Å². The first-order valence-corrected chi connectivity index (χ1v) is 9.28. The third kappa shape index (κ3) is 2.89. The third-order valence-electron chi connectivity index (χ3n) is 6.38. The molecule has 0 aliphatic heterocycles. The molecule has 0 saturated heterocycles. The van der Waals surface area contributed by atoms with Crippen molar-refractivity contribution in [2.24, 2.45) is 16.7 Å². The van der Waals surface area contributed by atoms with E-state index >= 15 is 0 Å². The number of benzene rings is 1. The lowest BCUT2D eigenvalue weighted by molar-refractivity contribution is -0.124. The maximum atomic E-state index is 12.3. The summed E-state index contributed by atoms with van der Waals surface area (Å²) in [6, 6.07) is 5.61. The van der Waals surface area contributed by atoms with Crippen LogP contribution in [0.2, 0.25) is 5.02 Å². The summed E-state index contributed by atoms with van der Waals surface area (Å²) in [7, 11) is 0. The molecule has 0 radical (unpaired) electrons. The number of halogens is 2. The van der Waals surface area contributed by atoms with E-state index in [-0.39, 0.29) is 24.0 Å². The molecule has 2 fully saturated rings. The molecule has 2 aliphatic carbocycles. The van der Waals surface area contributed by atoms with Crippen LogP contribution in [-0.4, -0.2) is 18.6 Å². The minimum atomic E-state index is -0.0708. The van der Waals surface area contributed by atoms with Gasteiger partial charge in [0.05, 0.1) is 5.02 Å². The van der Waals surface area contributed by atoms with Crippen LogP contribution in [0.5, 0.6) is 5.75 Å². The Balaban J connectivity index is 1.58. The largest absolute Gasteiger partial charge is 0.482 e. The molecule has 3 nitrogen and oxygen atoms in total. The Hall–Kier alpha value is -0.740. The van der Waals surface area contributed by atoms with Gasteiger partial charge in [0.15, 0.2) is 6.61 Å². The van der Waals surface area contributed by atoms with E-state index in [0.717, 1.165) is 10.9 Å². The van der Waals surface area contributed by atoms with Crippen molar-refractivity contribution in [3.05, 3.63) is 27.7 Å². The molecule has 5 heteroatoms. The maximum absolute atomic E-state index is 12.3. The van der Waals surface area contributed by atoms with Crippen molar-refractivity contribution in [2.75, 3.05) is 6.61 Å². The normalized spacial score (nSPS) is 31.2. The SMILES string of the molecule is CC1(C)[C@H]2CC[C@@]1(C)[C@@H](NC(=O)COc1ccc(Br)cc1Cl)C2. The molecule has 3 atom stereocenters. The predicted octanol–water partition coefficient (Wildman–Crippen LogP) is 4.81. The Morgan fingerprint density at radius 1 is 1.43 bits per heavy atom. The topological polar surface area (TPSA) is 38.3 Å². The number of rotatable bonds is 4. The van der Waals surface area contributed by atoms with Crippen molar-refractivity contribution >= 4 is 33.4 Å². The number of hydrogen-bond donors (Lipinski definition) is 1. The first-order chi connectivity index (χ1) is 10.7. The summed E-state index contributed by atoms with van der Waals surface area (Å²) in [5, 5.41) is 3.69. The molecule has 23 heavy (non-hydrogen) atoms. The second-order valence-corrected chi connectivity index (χ2v) is 8.92. The molecule has 0 heterocycles. The van der Waals surface area contributed by atoms with E-state index < -0.39 is 0 Å². The Kier molecular flexibility index (Phi) is 4.43. The number of amides is 1. The third-order valence-corrected chi connectivity index (χ3v) is 7.17. The summed E-state index contributed by atoms with van der Waals surface area (Å²) in [6.45, 7) is 7.00. The van der Waals surface area contributed by atoms with Crippen molar-refractivity contribution < 1.29 is 9.53 Å². The smallest absolute Gasteiger partial charge is 0.258 e. The number of carbonyl (C=O) groups excluding carboxylic acids is 1. The van der Waals surface area contributed by atoms with Gasteiger partial charge in [0, 0.05) is 10.5 Å². The lowest BCUT2D eigenvalue weighted by Crippen LogP contribution is -2.48. The summed E-state index contributed by atoms with van der Waals surface area (Å²) in [6.07, 6.45) is 3.55. The van der Waals surface area contributed by atoms with Gasteiger partial charge in [-0.05, 0) is 54.2 Å². The molecule has 2 aliphatic rings. The van der Waals surface area contributed by atoms with Gasteiger partial charge in [-0.15, -0.1) is 0 Å². The van der Waals surface area contributed by atoms with Gasteiger partial charge in [0.2, 0.25) is 0 Å². The van der Waals surface area contributed by atoms with E-state index in [4.69, 9.17) is 16.3 Å². The van der Waals surface area contributed by atoms with Crippen molar-refractivity contribution in [2.45, 2.75) is 46.1 Å². The van der Waals surface area contributed by atoms with Crippen LogP contribution in [0.25, 0.3) is 0 Å². The van der Waals surface area contributed by atoms with Gasteiger partial charge in [0.1, 0.15) is 5.75 Å². The quantitative estimate of drug-likeness (QED) is 0.787. The Morgan fingerprint density at radius 3 is 2.74 bits per heavy atom. The van der Waals surface area contributed by atoms with Crippen LogP contribution in [0, 0.1) is 16.7 Å². The molecular weight excluding hydrogens is 378 g/mol. The molecule has 2 saturated carbocycles. The van der Waals surface area contributed by atoms with Crippen molar-refractivity contribution in [1.82, 2.24) is 5.32 Å². The van der Waals surface area contributed by atoms with Gasteiger partial charge >= 0.3 is 0 Å². The highest BCUT2D eigenvalue weighted by Crippen LogP contribution is 2.65. The van der Waals surface area contributed by atoms with E-state index in [1.807, 2.05) is 6.07 Å². The number of fused-ring (bicyclic) bond motifs is 2. The van der Waals surface area contributed by atoms with Crippen LogP contribution < -0.4 is 10.1 Å². The van der Waals surface area contributed by atoms with Gasteiger partial charge in [-0.1, -0.05) is 48.3 Å². The molecule has 1 aromatic carbocycles. The van der Waals surface area contributed by atoms with E-state index in [9.17, 15) is 4.79 Å². The van der Waals surface area contributed by atoms with Crippen LogP contribution in [-0.2, 0) is 4.79 Å². The fourth-order valence-corrected chi connectivity index (χ4v) is 5.12. The van der Waals surface area contributed by atoms with E-state index in [1.54, 1.807) is 12.1 Å². The zero-order chi connectivity index (χ0) is 16.8. The molecule has 0 aromatic heterocycles. The molecular formula is C18H23BrClNO2. The van der Waals surface area contributed by atoms with Gasteiger partial charge in [-0.25, -0.2) is 0 Å². The van der Waals surface area contributed by atoms with E-state index in [2.05, 4.69) is 42.0 Å². The highest BCUT2D eigenvalue weighted by Gasteiger charge is 2.61. The van der Waals surface area contributed by atoms with Crippen molar-refractivity contribution in [1.29, 1.82) is 0 Å². The molecule has 0 spiro atoms. The molecule has 2 bridgehead atoms. The van der Waals surface area contributed by atoms with Gasteiger partial charge in [-0.2, -0.15) is 0 Å². The number of nitrogens with one attached hydrogen (secondary N) is 1. The fourth-order valence-electron chi connectivity index (χ4n) is 4.39. The van der Waals surface area contributed by atoms with Gasteiger partial charge in [-0.3, -0.25) is 4.79 Å². The molecule has 126 valence electrons. The minimum absolute atomic E-state index is 0.000965. The van der Waals surface area contributed by atoms with Crippen LogP contribution in [0.3, 0.4) is 0 Å². The maximum Gasteiger partial charge on any atom is 0.258 e. The number of ether oxygens (including phenoxy) is 1. The average molecular weight is 401 g/mol. The summed E-state index contributed by atoms with van der Waals surface area (Å²) in [5.41, 5.74) is 0.476. The lowest BCUT2D eigenvalue weighted by atomic mass is 9.69. The average Bonchev–Trinajstić information content (AvgIpc) is 2.79. The standard InChI is InChI=1S/C18H23BrClNO2/c1-17(2)11-6-7-18(17,3)15(8-11)21-16(22)10-23-14-5-4-12(19)9-13(14)20/h4-5,9,11,15H,6-8,10H2,1-3H3,(H,21,22)/t11-,15-,18-/m0/s1. The number of carbonyl (C=O) groups is 1. The van der Waals surface area contributed by atoms with Crippen LogP contribution >= 0.6 is 27.5 Å². The van der Waals surface area contributed by atoms with Crippen LogP contribution in [0.15, 0.2) is 22.7 Å². The monoisotopic (exact) mass is 399 g/mol. The molecule has 1 N–H and O–H groups in total. The molecule has 1 aromatic rings. The zero-order valence-corrected chi connectivity index (χ0v) is 16.1. The van der Waals surface area contributed by atoms with E-state index in [1.165, 1.54) is 12.8 Å². The van der Waals surface area contributed by atoms with E-state index in [0.29, 0.717) is 22.1 Å². The highest BCUT2D eigenvalue weighted by molar-refractivity contribution is 9.10. The Labute approximate surface area is 151 Å². The second kappa shape index (κ2) is 5.96.